The summed E-state index contributed by atoms with van der Waals surface area (Å²) in [6.45, 7) is 7.43. The van der Waals surface area contributed by atoms with Gasteiger partial charge >= 0.3 is 13.5 Å². The van der Waals surface area contributed by atoms with Crippen molar-refractivity contribution in [3.8, 4) is 11.8 Å². The van der Waals surface area contributed by atoms with E-state index in [0.29, 0.717) is 35.3 Å². The number of rotatable bonds is 7. The zero-order valence-corrected chi connectivity index (χ0v) is 22.8. The topological polar surface area (TPSA) is 76.1 Å². The number of nitrogens with zero attached hydrogens (tertiary/aromatic N) is 1. The van der Waals surface area contributed by atoms with Crippen LogP contribution in [0, 0.1) is 23.2 Å². The molecule has 1 saturated heterocycles. The van der Waals surface area contributed by atoms with Gasteiger partial charge < -0.3 is 14.4 Å². The van der Waals surface area contributed by atoms with Gasteiger partial charge in [-0.25, -0.2) is 4.79 Å². The van der Waals surface area contributed by atoms with E-state index in [4.69, 9.17) is 32.5 Å². The zero-order chi connectivity index (χ0) is 25.1. The number of halogens is 2. The van der Waals surface area contributed by atoms with Crippen molar-refractivity contribution in [3.05, 3.63) is 44.1 Å². The molecule has 1 N–H and O–H groups in total. The van der Waals surface area contributed by atoms with Crippen LogP contribution >= 0.6 is 42.1 Å². The number of aromatic carboxylic acids is 1. The summed E-state index contributed by atoms with van der Waals surface area (Å²) < 4.78 is 27.2. The van der Waals surface area contributed by atoms with E-state index in [2.05, 4.69) is 11.8 Å². The molecule has 3 rings (SSSR count). The van der Waals surface area contributed by atoms with Crippen molar-refractivity contribution < 1.29 is 23.7 Å². The van der Waals surface area contributed by atoms with Crippen molar-refractivity contribution in [2.75, 3.05) is 31.5 Å². The number of thiophene rings is 1. The fourth-order valence-corrected chi connectivity index (χ4v) is 7.38. The van der Waals surface area contributed by atoms with Crippen LogP contribution in [0.4, 0.5) is 5.69 Å². The van der Waals surface area contributed by atoms with Crippen LogP contribution in [0.2, 0.25) is 10.0 Å². The zero-order valence-electron chi connectivity index (χ0n) is 19.6. The Labute approximate surface area is 214 Å². The first-order chi connectivity index (χ1) is 15.9. The third-order valence-corrected chi connectivity index (χ3v) is 9.51. The first-order valence-corrected chi connectivity index (χ1v) is 14.0. The summed E-state index contributed by atoms with van der Waals surface area (Å²) in [5.74, 6) is 5.22. The van der Waals surface area contributed by atoms with E-state index >= 15 is 0 Å². The van der Waals surface area contributed by atoms with Gasteiger partial charge in [0.1, 0.15) is 4.88 Å². The van der Waals surface area contributed by atoms with Crippen LogP contribution in [0.3, 0.4) is 0 Å². The van der Waals surface area contributed by atoms with E-state index in [1.54, 1.807) is 22.9 Å². The van der Waals surface area contributed by atoms with Crippen LogP contribution in [0.5, 0.6) is 0 Å². The molecular weight excluding hydrogens is 516 g/mol. The van der Waals surface area contributed by atoms with E-state index in [1.165, 1.54) is 13.2 Å². The SMILES string of the molecule is COP(=O)(c1ccc(Cl)cc1Cl)N(CC1CCOCC1)c1cc(C#CC(C)(C)C)sc1C(=O)O. The summed E-state index contributed by atoms with van der Waals surface area (Å²) in [4.78, 5) is 12.9. The molecule has 0 radical (unpaired) electrons. The van der Waals surface area contributed by atoms with Crippen LogP contribution in [-0.2, 0) is 13.8 Å². The van der Waals surface area contributed by atoms with Gasteiger partial charge in [0.15, 0.2) is 0 Å². The van der Waals surface area contributed by atoms with Crippen molar-refractivity contribution in [2.24, 2.45) is 11.3 Å². The quantitative estimate of drug-likeness (QED) is 0.315. The fourth-order valence-electron chi connectivity index (χ4n) is 3.60. The maximum absolute atomic E-state index is 14.5. The number of carboxylic acid groups (broad SMARTS) is 1. The van der Waals surface area contributed by atoms with Crippen LogP contribution in [0.15, 0.2) is 24.3 Å². The number of hydrogen-bond acceptors (Lipinski definition) is 5. The van der Waals surface area contributed by atoms with E-state index in [1.807, 2.05) is 20.8 Å². The van der Waals surface area contributed by atoms with Gasteiger partial charge in [-0.2, -0.15) is 0 Å². The number of benzene rings is 1. The maximum Gasteiger partial charge on any atom is 0.348 e. The Balaban J connectivity index is 2.19. The number of anilines is 1. The number of ether oxygens (including phenoxy) is 1. The molecule has 10 heteroatoms. The second-order valence-electron chi connectivity index (χ2n) is 9.07. The molecule has 1 fully saturated rings. The van der Waals surface area contributed by atoms with Gasteiger partial charge in [0.25, 0.3) is 0 Å². The molecule has 0 amide bonds. The van der Waals surface area contributed by atoms with E-state index in [-0.39, 0.29) is 26.5 Å². The highest BCUT2D eigenvalue weighted by molar-refractivity contribution is 7.68. The van der Waals surface area contributed by atoms with Gasteiger partial charge in [0.2, 0.25) is 0 Å². The van der Waals surface area contributed by atoms with Crippen LogP contribution < -0.4 is 9.97 Å². The molecule has 1 aliphatic heterocycles. The molecule has 0 aliphatic carbocycles. The van der Waals surface area contributed by atoms with Gasteiger partial charge in [0.05, 0.1) is 20.9 Å². The minimum Gasteiger partial charge on any atom is -0.477 e. The molecule has 1 aromatic heterocycles. The summed E-state index contributed by atoms with van der Waals surface area (Å²) in [5.41, 5.74) is 0.0481. The normalized spacial score (nSPS) is 16.4. The molecule has 2 heterocycles. The lowest BCUT2D eigenvalue weighted by atomic mass is 9.98. The van der Waals surface area contributed by atoms with Gasteiger partial charge in [-0.05, 0) is 63.8 Å². The molecule has 0 bridgehead atoms. The van der Waals surface area contributed by atoms with Crippen LogP contribution in [0.25, 0.3) is 0 Å². The summed E-state index contributed by atoms with van der Waals surface area (Å²) in [6.07, 6.45) is 1.52. The molecule has 1 aliphatic rings. The van der Waals surface area contributed by atoms with Crippen molar-refractivity contribution in [1.29, 1.82) is 0 Å². The van der Waals surface area contributed by atoms with E-state index in [0.717, 1.165) is 24.2 Å². The monoisotopic (exact) mass is 543 g/mol. The van der Waals surface area contributed by atoms with Gasteiger partial charge in [-0.3, -0.25) is 9.24 Å². The molecular formula is C24H28Cl2NO5PS. The molecule has 6 nitrogen and oxygen atoms in total. The Morgan fingerprint density at radius 3 is 2.53 bits per heavy atom. The van der Waals surface area contributed by atoms with Crippen molar-refractivity contribution in [1.82, 2.24) is 0 Å². The Morgan fingerprint density at radius 1 is 1.29 bits per heavy atom. The maximum atomic E-state index is 14.5. The van der Waals surface area contributed by atoms with Gasteiger partial charge in [-0.1, -0.05) is 35.0 Å². The Kier molecular flexibility index (Phi) is 8.79. The number of carbonyl (C=O) groups is 1. The summed E-state index contributed by atoms with van der Waals surface area (Å²) in [7, 11) is -2.47. The highest BCUT2D eigenvalue weighted by Gasteiger charge is 2.39. The third-order valence-electron chi connectivity index (χ3n) is 5.30. The summed E-state index contributed by atoms with van der Waals surface area (Å²) >= 11 is 13.6. The minimum atomic E-state index is -3.82. The summed E-state index contributed by atoms with van der Waals surface area (Å²) in [5, 5.41) is 10.9. The fraction of sp³-hybridized carbons (Fsp3) is 0.458. The van der Waals surface area contributed by atoms with Crippen LogP contribution in [-0.4, -0.2) is 37.9 Å². The summed E-state index contributed by atoms with van der Waals surface area (Å²) in [6, 6.07) is 6.34. The first kappa shape index (κ1) is 27.1. The van der Waals surface area contributed by atoms with Gasteiger partial charge in [-0.15, -0.1) is 11.3 Å². The average molecular weight is 544 g/mol. The Morgan fingerprint density at radius 2 is 1.97 bits per heavy atom. The van der Waals surface area contributed by atoms with E-state index in [9.17, 15) is 14.5 Å². The molecule has 0 saturated carbocycles. The molecule has 0 spiro atoms. The molecule has 34 heavy (non-hydrogen) atoms. The minimum absolute atomic E-state index is 0.0487. The largest absolute Gasteiger partial charge is 0.477 e. The van der Waals surface area contributed by atoms with Crippen molar-refractivity contribution in [3.63, 3.8) is 0 Å². The lowest BCUT2D eigenvalue weighted by Gasteiger charge is -2.36. The van der Waals surface area contributed by atoms with E-state index < -0.39 is 13.5 Å². The first-order valence-electron chi connectivity index (χ1n) is 10.8. The lowest BCUT2D eigenvalue weighted by molar-refractivity contribution is 0.0683. The molecule has 1 aromatic carbocycles. The highest BCUT2D eigenvalue weighted by Crippen LogP contribution is 2.55. The molecule has 184 valence electrons. The number of hydrogen-bond donors (Lipinski definition) is 1. The standard InChI is InChI=1S/C24H28Cl2NO5PS/c1-24(2,3)10-7-18-14-20(22(34-18)23(28)29)27(15-16-8-11-32-12-9-16)33(30,31-4)21-6-5-17(25)13-19(21)26/h5-6,13-14,16H,8-9,11-12,15H2,1-4H3,(H,28,29). The van der Waals surface area contributed by atoms with Crippen molar-refractivity contribution in [2.45, 2.75) is 33.6 Å². The Hall–Kier alpha value is -1.52. The van der Waals surface area contributed by atoms with Crippen molar-refractivity contribution >= 4 is 59.0 Å². The predicted octanol–water partition coefficient (Wildman–Crippen LogP) is 6.55. The smallest absolute Gasteiger partial charge is 0.348 e. The average Bonchev–Trinajstić information content (AvgIpc) is 3.20. The van der Waals surface area contributed by atoms with Crippen LogP contribution in [0.1, 0.15) is 48.2 Å². The van der Waals surface area contributed by atoms with Gasteiger partial charge in [0, 0.05) is 37.3 Å². The highest BCUT2D eigenvalue weighted by atomic mass is 35.5. The molecule has 1 unspecified atom stereocenters. The second-order valence-corrected chi connectivity index (χ2v) is 13.3. The third kappa shape index (κ3) is 6.37. The second kappa shape index (κ2) is 11.0. The molecule has 1 atom stereocenters. The molecule has 2 aromatic rings. The Bertz CT molecular complexity index is 1160. The number of carboxylic acids is 1. The predicted molar refractivity (Wildman–Crippen MR) is 139 cm³/mol. The lowest BCUT2D eigenvalue weighted by Crippen LogP contribution is -2.34.